The molecule has 0 aliphatic heterocycles. The van der Waals surface area contributed by atoms with Crippen LogP contribution in [0.4, 0.5) is 4.79 Å². The van der Waals surface area contributed by atoms with Crippen molar-refractivity contribution in [3.63, 3.8) is 0 Å². The number of rotatable bonds is 3. The molecule has 160 valence electrons. The van der Waals surface area contributed by atoms with E-state index in [2.05, 4.69) is 72.7 Å². The smallest absolute Gasteiger partial charge is 0.408 e. The summed E-state index contributed by atoms with van der Waals surface area (Å²) in [5.74, 6) is 0.0923. The third-order valence-corrected chi connectivity index (χ3v) is 5.83. The zero-order valence-corrected chi connectivity index (χ0v) is 18.9. The van der Waals surface area contributed by atoms with E-state index in [9.17, 15) is 4.79 Å². The van der Waals surface area contributed by atoms with Gasteiger partial charge in [0.15, 0.2) is 0 Å². The molecule has 0 bridgehead atoms. The summed E-state index contributed by atoms with van der Waals surface area (Å²) in [6.45, 7) is 9.88. The van der Waals surface area contributed by atoms with Gasteiger partial charge in [-0.15, -0.1) is 0 Å². The Labute approximate surface area is 184 Å². The predicted molar refractivity (Wildman–Crippen MR) is 126 cm³/mol. The molecule has 0 saturated carbocycles. The fourth-order valence-electron chi connectivity index (χ4n) is 4.23. The number of aryl methyl sites for hydroxylation is 2. The molecule has 4 rings (SSSR count). The fraction of sp³-hybridized carbons (Fsp3) is 0.333. The second kappa shape index (κ2) is 8.18. The molecule has 1 aromatic heterocycles. The molecule has 1 aliphatic carbocycles. The van der Waals surface area contributed by atoms with Crippen LogP contribution >= 0.6 is 0 Å². The van der Waals surface area contributed by atoms with E-state index in [1.807, 2.05) is 33.0 Å². The Bertz CT molecular complexity index is 1150. The molecule has 0 radical (unpaired) electrons. The number of nitrogens with zero attached hydrogens (tertiary/aromatic N) is 1. The minimum Gasteiger partial charge on any atom is -0.444 e. The van der Waals surface area contributed by atoms with E-state index in [0.29, 0.717) is 0 Å². The maximum atomic E-state index is 12.7. The molecular formula is C27H30N2O2. The number of hydrogen-bond donors (Lipinski definition) is 1. The highest BCUT2D eigenvalue weighted by Crippen LogP contribution is 2.37. The number of carbonyl (C=O) groups excluding carboxylic acids is 1. The van der Waals surface area contributed by atoms with Crippen LogP contribution in [0.25, 0.3) is 17.0 Å². The number of amides is 1. The molecule has 1 aliphatic rings. The molecule has 1 N–H and O–H groups in total. The highest BCUT2D eigenvalue weighted by Gasteiger charge is 2.30. The number of nitrogens with one attached hydrogen (secondary N) is 1. The van der Waals surface area contributed by atoms with Crippen LogP contribution in [0.3, 0.4) is 0 Å². The van der Waals surface area contributed by atoms with Crippen LogP contribution in [0, 0.1) is 19.8 Å². The molecule has 1 amide bonds. The minimum atomic E-state index is -0.546. The van der Waals surface area contributed by atoms with Crippen molar-refractivity contribution in [2.75, 3.05) is 0 Å². The number of hydrogen-bond acceptors (Lipinski definition) is 3. The zero-order chi connectivity index (χ0) is 22.2. The van der Waals surface area contributed by atoms with Gasteiger partial charge in [0.25, 0.3) is 0 Å². The maximum Gasteiger partial charge on any atom is 0.408 e. The van der Waals surface area contributed by atoms with Gasteiger partial charge in [0.05, 0.1) is 11.6 Å². The summed E-state index contributed by atoms with van der Waals surface area (Å²) < 4.78 is 5.59. The zero-order valence-electron chi connectivity index (χ0n) is 18.9. The van der Waals surface area contributed by atoms with E-state index in [1.54, 1.807) is 0 Å². The first-order chi connectivity index (χ1) is 14.7. The molecule has 0 unspecified atom stereocenters. The topological polar surface area (TPSA) is 51.2 Å². The molecule has 0 fully saturated rings. The van der Waals surface area contributed by atoms with Gasteiger partial charge in [-0.3, -0.25) is 4.98 Å². The van der Waals surface area contributed by atoms with Crippen LogP contribution in [0.15, 0.2) is 54.7 Å². The molecule has 31 heavy (non-hydrogen) atoms. The summed E-state index contributed by atoms with van der Waals surface area (Å²) in [6.07, 6.45) is 6.61. The quantitative estimate of drug-likeness (QED) is 0.547. The number of aromatic nitrogens is 1. The van der Waals surface area contributed by atoms with Gasteiger partial charge in [0.1, 0.15) is 5.60 Å². The number of alkyl carbamates (subject to hydrolysis) is 1. The van der Waals surface area contributed by atoms with Gasteiger partial charge >= 0.3 is 6.09 Å². The van der Waals surface area contributed by atoms with Crippen LogP contribution in [-0.2, 0) is 11.2 Å². The summed E-state index contributed by atoms with van der Waals surface area (Å²) >= 11 is 0. The van der Waals surface area contributed by atoms with Gasteiger partial charge in [0.2, 0.25) is 0 Å². The van der Waals surface area contributed by atoms with Crippen LogP contribution in [0.1, 0.15) is 54.6 Å². The largest absolute Gasteiger partial charge is 0.444 e. The van der Waals surface area contributed by atoms with Crippen molar-refractivity contribution >= 4 is 23.1 Å². The minimum absolute atomic E-state index is 0.0923. The van der Waals surface area contributed by atoms with Crippen molar-refractivity contribution in [2.24, 2.45) is 5.92 Å². The molecule has 4 nitrogen and oxygen atoms in total. The van der Waals surface area contributed by atoms with Crippen molar-refractivity contribution in [1.29, 1.82) is 0 Å². The fourth-order valence-corrected chi connectivity index (χ4v) is 4.23. The third kappa shape index (κ3) is 4.63. The molecule has 0 spiro atoms. The Morgan fingerprint density at radius 1 is 1.10 bits per heavy atom. The Balaban J connectivity index is 1.71. The first-order valence-corrected chi connectivity index (χ1v) is 10.8. The Hall–Kier alpha value is -3.14. The van der Waals surface area contributed by atoms with E-state index in [0.717, 1.165) is 28.5 Å². The second-order valence-corrected chi connectivity index (χ2v) is 9.41. The van der Waals surface area contributed by atoms with Gasteiger partial charge in [-0.25, -0.2) is 4.79 Å². The highest BCUT2D eigenvalue weighted by molar-refractivity contribution is 5.81. The van der Waals surface area contributed by atoms with Gasteiger partial charge in [0, 0.05) is 17.5 Å². The number of carbonyl (C=O) groups is 1. The molecule has 2 atom stereocenters. The lowest BCUT2D eigenvalue weighted by atomic mass is 9.80. The normalized spacial score (nSPS) is 18.0. The predicted octanol–water partition coefficient (Wildman–Crippen LogP) is 6.30. The van der Waals surface area contributed by atoms with Gasteiger partial charge in [-0.05, 0) is 74.9 Å². The first-order valence-electron chi connectivity index (χ1n) is 10.8. The number of fused-ring (bicyclic) bond motifs is 2. The first kappa shape index (κ1) is 21.1. The summed E-state index contributed by atoms with van der Waals surface area (Å²) in [7, 11) is 0. The third-order valence-electron chi connectivity index (χ3n) is 5.83. The number of benzene rings is 2. The lowest BCUT2D eigenvalue weighted by molar-refractivity contribution is 0.0490. The van der Waals surface area contributed by atoms with Crippen LogP contribution in [0.5, 0.6) is 0 Å². The molecular weight excluding hydrogens is 384 g/mol. The van der Waals surface area contributed by atoms with E-state index < -0.39 is 11.7 Å². The Morgan fingerprint density at radius 3 is 2.61 bits per heavy atom. The van der Waals surface area contributed by atoms with Crippen molar-refractivity contribution in [3.8, 4) is 0 Å². The summed E-state index contributed by atoms with van der Waals surface area (Å²) in [4.78, 5) is 17.3. The van der Waals surface area contributed by atoms with E-state index in [1.165, 1.54) is 16.7 Å². The lowest BCUT2D eigenvalue weighted by Crippen LogP contribution is -2.39. The van der Waals surface area contributed by atoms with Crippen molar-refractivity contribution in [1.82, 2.24) is 10.3 Å². The highest BCUT2D eigenvalue weighted by atomic mass is 16.6. The lowest BCUT2D eigenvalue weighted by Gasteiger charge is -2.32. The number of pyridine rings is 1. The maximum absolute atomic E-state index is 12.7. The molecule has 4 heteroatoms. The van der Waals surface area contributed by atoms with Gasteiger partial charge in [-0.1, -0.05) is 48.6 Å². The number of para-hydroxylation sites is 1. The SMILES string of the molecule is Cc1cc2c(cc1C)[C@@H](NC(=O)OC(C)(C)C)[C@@H](Cc1cccc3cccnc13)C=C2. The summed E-state index contributed by atoms with van der Waals surface area (Å²) in [5.41, 5.74) is 6.39. The summed E-state index contributed by atoms with van der Waals surface area (Å²) in [5, 5.41) is 4.29. The summed E-state index contributed by atoms with van der Waals surface area (Å²) in [6, 6.07) is 14.5. The van der Waals surface area contributed by atoms with E-state index >= 15 is 0 Å². The molecule has 1 heterocycles. The van der Waals surface area contributed by atoms with Crippen molar-refractivity contribution in [3.05, 3.63) is 82.6 Å². The standard InChI is InChI=1S/C27H30N2O2/c1-17-14-20-11-12-22(16-21-9-6-8-19-10-7-13-28-24(19)21)25(23(20)15-18(17)2)29-26(30)31-27(3,4)5/h6-15,22,25H,16H2,1-5H3,(H,29,30)/t22-,25+/m1/s1. The molecule has 2 aromatic carbocycles. The van der Waals surface area contributed by atoms with Crippen LogP contribution in [0.2, 0.25) is 0 Å². The monoisotopic (exact) mass is 414 g/mol. The van der Waals surface area contributed by atoms with Crippen LogP contribution < -0.4 is 5.32 Å². The van der Waals surface area contributed by atoms with E-state index in [4.69, 9.17) is 4.74 Å². The Kier molecular flexibility index (Phi) is 5.57. The van der Waals surface area contributed by atoms with E-state index in [-0.39, 0.29) is 12.0 Å². The van der Waals surface area contributed by atoms with Gasteiger partial charge < -0.3 is 10.1 Å². The Morgan fingerprint density at radius 2 is 1.84 bits per heavy atom. The second-order valence-electron chi connectivity index (χ2n) is 9.41. The van der Waals surface area contributed by atoms with Crippen LogP contribution in [-0.4, -0.2) is 16.7 Å². The van der Waals surface area contributed by atoms with Gasteiger partial charge in [-0.2, -0.15) is 0 Å². The average Bonchev–Trinajstić information content (AvgIpc) is 2.70. The molecule has 0 saturated heterocycles. The number of ether oxygens (including phenoxy) is 1. The molecule has 3 aromatic rings. The van der Waals surface area contributed by atoms with Crippen molar-refractivity contribution in [2.45, 2.75) is 52.7 Å². The average molecular weight is 415 g/mol. The van der Waals surface area contributed by atoms with Crippen molar-refractivity contribution < 1.29 is 9.53 Å².